The molecule has 0 unspecified atom stereocenters. The molecule has 3 rings (SSSR count). The molecule has 0 radical (unpaired) electrons. The van der Waals surface area contributed by atoms with Crippen molar-refractivity contribution < 1.29 is 5.11 Å². The molecule has 2 N–H and O–H groups in total. The standard InChI is InChI=1S/C20H22N4O/c1-13-9-18(16-7-5-15(10-21)6-8-16)14(2)24(13)12-17-11-22-23-19(17)20(3,4)25/h5-9,11,25H,12H2,1-4H3,(H,22,23). The summed E-state index contributed by atoms with van der Waals surface area (Å²) in [5.41, 5.74) is 5.93. The Morgan fingerprint density at radius 2 is 1.92 bits per heavy atom. The molecule has 2 heterocycles. The van der Waals surface area contributed by atoms with Crippen LogP contribution in [0.2, 0.25) is 0 Å². The number of benzene rings is 1. The molecule has 0 spiro atoms. The molecule has 0 amide bonds. The molecular formula is C20H22N4O. The molecular weight excluding hydrogens is 312 g/mol. The van der Waals surface area contributed by atoms with E-state index in [1.54, 1.807) is 20.0 Å². The molecule has 0 bridgehead atoms. The van der Waals surface area contributed by atoms with Gasteiger partial charge in [0, 0.05) is 22.5 Å². The minimum absolute atomic E-state index is 0.643. The van der Waals surface area contributed by atoms with Crippen molar-refractivity contribution in [3.05, 3.63) is 64.7 Å². The summed E-state index contributed by atoms with van der Waals surface area (Å²) in [5.74, 6) is 0. The Labute approximate surface area is 147 Å². The fourth-order valence-corrected chi connectivity index (χ4v) is 3.19. The van der Waals surface area contributed by atoms with Crippen molar-refractivity contribution in [3.63, 3.8) is 0 Å². The van der Waals surface area contributed by atoms with Crippen LogP contribution in [-0.4, -0.2) is 19.9 Å². The topological polar surface area (TPSA) is 77.6 Å². The van der Waals surface area contributed by atoms with E-state index in [-0.39, 0.29) is 0 Å². The van der Waals surface area contributed by atoms with Gasteiger partial charge in [0.15, 0.2) is 0 Å². The highest BCUT2D eigenvalue weighted by molar-refractivity contribution is 5.68. The van der Waals surface area contributed by atoms with Crippen LogP contribution in [0.3, 0.4) is 0 Å². The normalized spacial score (nSPS) is 11.5. The Hall–Kier alpha value is -2.84. The van der Waals surface area contributed by atoms with Crippen molar-refractivity contribution in [1.82, 2.24) is 14.8 Å². The van der Waals surface area contributed by atoms with Crippen LogP contribution < -0.4 is 0 Å². The van der Waals surface area contributed by atoms with Gasteiger partial charge in [0.1, 0.15) is 5.60 Å². The molecule has 5 nitrogen and oxygen atoms in total. The second kappa shape index (κ2) is 6.23. The van der Waals surface area contributed by atoms with Gasteiger partial charge in [-0.3, -0.25) is 5.10 Å². The number of rotatable bonds is 4. The maximum absolute atomic E-state index is 10.3. The van der Waals surface area contributed by atoms with E-state index in [4.69, 9.17) is 5.26 Å². The monoisotopic (exact) mass is 334 g/mol. The third kappa shape index (κ3) is 3.21. The number of aryl methyl sites for hydroxylation is 1. The van der Waals surface area contributed by atoms with E-state index in [1.165, 1.54) is 0 Å². The quantitative estimate of drug-likeness (QED) is 0.764. The molecule has 0 fully saturated rings. The van der Waals surface area contributed by atoms with Gasteiger partial charge in [0.25, 0.3) is 0 Å². The Morgan fingerprint density at radius 1 is 1.24 bits per heavy atom. The lowest BCUT2D eigenvalue weighted by Gasteiger charge is -2.18. The van der Waals surface area contributed by atoms with E-state index in [2.05, 4.69) is 40.7 Å². The number of hydrogen-bond acceptors (Lipinski definition) is 3. The van der Waals surface area contributed by atoms with Crippen molar-refractivity contribution in [3.8, 4) is 17.2 Å². The zero-order valence-electron chi connectivity index (χ0n) is 15.0. The maximum atomic E-state index is 10.3. The van der Waals surface area contributed by atoms with Gasteiger partial charge in [-0.1, -0.05) is 12.1 Å². The lowest BCUT2D eigenvalue weighted by atomic mass is 10.0. The molecule has 0 saturated heterocycles. The van der Waals surface area contributed by atoms with Gasteiger partial charge in [0.05, 0.1) is 30.1 Å². The second-order valence-electron chi connectivity index (χ2n) is 6.89. The number of H-pyrrole nitrogens is 1. The third-order valence-corrected chi connectivity index (χ3v) is 4.56. The molecule has 128 valence electrons. The second-order valence-corrected chi connectivity index (χ2v) is 6.89. The van der Waals surface area contributed by atoms with E-state index in [0.717, 1.165) is 33.8 Å². The summed E-state index contributed by atoms with van der Waals surface area (Å²) in [7, 11) is 0. The maximum Gasteiger partial charge on any atom is 0.101 e. The highest BCUT2D eigenvalue weighted by atomic mass is 16.3. The van der Waals surface area contributed by atoms with Gasteiger partial charge < -0.3 is 9.67 Å². The number of nitriles is 1. The molecule has 25 heavy (non-hydrogen) atoms. The number of hydrogen-bond donors (Lipinski definition) is 2. The van der Waals surface area contributed by atoms with Crippen LogP contribution in [0, 0.1) is 25.2 Å². The van der Waals surface area contributed by atoms with Crippen molar-refractivity contribution in [2.75, 3.05) is 0 Å². The number of aromatic nitrogens is 3. The highest BCUT2D eigenvalue weighted by Crippen LogP contribution is 2.29. The van der Waals surface area contributed by atoms with Crippen molar-refractivity contribution >= 4 is 0 Å². The first kappa shape index (κ1) is 17.0. The van der Waals surface area contributed by atoms with Crippen LogP contribution >= 0.6 is 0 Å². The van der Waals surface area contributed by atoms with Crippen LogP contribution in [0.5, 0.6) is 0 Å². The molecule has 3 aromatic rings. The summed E-state index contributed by atoms with van der Waals surface area (Å²) in [6.07, 6.45) is 1.77. The largest absolute Gasteiger partial charge is 0.384 e. The molecule has 5 heteroatoms. The van der Waals surface area contributed by atoms with E-state index in [0.29, 0.717) is 12.1 Å². The Morgan fingerprint density at radius 3 is 2.52 bits per heavy atom. The summed E-state index contributed by atoms with van der Waals surface area (Å²) in [6, 6.07) is 11.9. The molecule has 0 atom stereocenters. The summed E-state index contributed by atoms with van der Waals surface area (Å²) in [4.78, 5) is 0. The predicted octanol–water partition coefficient (Wildman–Crippen LogP) is 3.64. The van der Waals surface area contributed by atoms with Crippen LogP contribution in [0.15, 0.2) is 36.5 Å². The number of aliphatic hydroxyl groups is 1. The minimum atomic E-state index is -0.962. The molecule has 0 aliphatic carbocycles. The Bertz CT molecular complexity index is 934. The smallest absolute Gasteiger partial charge is 0.101 e. The van der Waals surface area contributed by atoms with Crippen molar-refractivity contribution in [1.29, 1.82) is 5.26 Å². The lowest BCUT2D eigenvalue weighted by Crippen LogP contribution is -2.19. The third-order valence-electron chi connectivity index (χ3n) is 4.56. The Kier molecular flexibility index (Phi) is 4.23. The van der Waals surface area contributed by atoms with Gasteiger partial charge in [-0.05, 0) is 51.5 Å². The number of nitrogens with zero attached hydrogens (tertiary/aromatic N) is 3. The van der Waals surface area contributed by atoms with E-state index < -0.39 is 5.60 Å². The van der Waals surface area contributed by atoms with Crippen LogP contribution in [0.1, 0.15) is 42.1 Å². The molecule has 0 saturated carbocycles. The number of nitrogens with one attached hydrogen (secondary N) is 1. The van der Waals surface area contributed by atoms with E-state index >= 15 is 0 Å². The van der Waals surface area contributed by atoms with Gasteiger partial charge in [0.2, 0.25) is 0 Å². The van der Waals surface area contributed by atoms with Gasteiger partial charge in [-0.15, -0.1) is 0 Å². The molecule has 2 aromatic heterocycles. The summed E-state index contributed by atoms with van der Waals surface area (Å²) >= 11 is 0. The van der Waals surface area contributed by atoms with Crippen LogP contribution in [0.4, 0.5) is 0 Å². The SMILES string of the molecule is Cc1cc(-c2ccc(C#N)cc2)c(C)n1Cc1cn[nH]c1C(C)(C)O. The lowest BCUT2D eigenvalue weighted by molar-refractivity contribution is 0.0727. The molecule has 0 aliphatic heterocycles. The van der Waals surface area contributed by atoms with Crippen molar-refractivity contribution in [2.24, 2.45) is 0 Å². The summed E-state index contributed by atoms with van der Waals surface area (Å²) in [5, 5.41) is 26.3. The van der Waals surface area contributed by atoms with Gasteiger partial charge in [-0.2, -0.15) is 10.4 Å². The highest BCUT2D eigenvalue weighted by Gasteiger charge is 2.23. The van der Waals surface area contributed by atoms with E-state index in [1.807, 2.05) is 24.3 Å². The van der Waals surface area contributed by atoms with E-state index in [9.17, 15) is 5.11 Å². The minimum Gasteiger partial charge on any atom is -0.384 e. The number of aromatic amines is 1. The van der Waals surface area contributed by atoms with Crippen LogP contribution in [-0.2, 0) is 12.1 Å². The summed E-state index contributed by atoms with van der Waals surface area (Å²) in [6.45, 7) is 8.31. The summed E-state index contributed by atoms with van der Waals surface area (Å²) < 4.78 is 2.22. The Balaban J connectivity index is 1.98. The molecule has 0 aliphatic rings. The molecule has 1 aromatic carbocycles. The predicted molar refractivity (Wildman–Crippen MR) is 97.0 cm³/mol. The first-order chi connectivity index (χ1) is 11.8. The average Bonchev–Trinajstić information content (AvgIpc) is 3.15. The van der Waals surface area contributed by atoms with Gasteiger partial charge >= 0.3 is 0 Å². The zero-order valence-corrected chi connectivity index (χ0v) is 15.0. The van der Waals surface area contributed by atoms with Gasteiger partial charge in [-0.25, -0.2) is 0 Å². The first-order valence-corrected chi connectivity index (χ1v) is 8.23. The fourth-order valence-electron chi connectivity index (χ4n) is 3.19. The fraction of sp³-hybridized carbons (Fsp3) is 0.300. The zero-order chi connectivity index (χ0) is 18.2. The van der Waals surface area contributed by atoms with Crippen molar-refractivity contribution in [2.45, 2.75) is 39.8 Å². The van der Waals surface area contributed by atoms with Crippen LogP contribution in [0.25, 0.3) is 11.1 Å². The average molecular weight is 334 g/mol. The first-order valence-electron chi connectivity index (χ1n) is 8.23.